The van der Waals surface area contributed by atoms with Gasteiger partial charge in [0.15, 0.2) is 0 Å². The summed E-state index contributed by atoms with van der Waals surface area (Å²) in [5.74, 6) is 1.46. The van der Waals surface area contributed by atoms with Crippen LogP contribution in [-0.4, -0.2) is 4.83 Å². The first-order chi connectivity index (χ1) is 3.18. The Morgan fingerprint density at radius 1 is 1.57 bits per heavy atom. The molecule has 43 valence electrons. The van der Waals surface area contributed by atoms with E-state index in [4.69, 9.17) is 0 Å². The summed E-state index contributed by atoms with van der Waals surface area (Å²) in [5, 5.41) is 0. The number of halogens is 1. The second kappa shape index (κ2) is 3.48. The summed E-state index contributed by atoms with van der Waals surface area (Å²) < 4.78 is 0. The highest BCUT2D eigenvalue weighted by Gasteiger charge is 2.04. The molecule has 0 aliphatic carbocycles. The average Bonchev–Trinajstić information content (AvgIpc) is 1.65. The van der Waals surface area contributed by atoms with Crippen LogP contribution in [0.5, 0.6) is 0 Å². The van der Waals surface area contributed by atoms with Crippen LogP contribution in [0.3, 0.4) is 0 Å². The molecule has 1 radical (unpaired) electrons. The summed E-state index contributed by atoms with van der Waals surface area (Å²) in [6, 6.07) is 0. The van der Waals surface area contributed by atoms with Gasteiger partial charge in [-0.15, -0.1) is 0 Å². The summed E-state index contributed by atoms with van der Waals surface area (Å²) in [7, 11) is 0. The standard InChI is InChI=1S/C6H12Br/c1-4-6(7)5(2)3/h6H,4H2,1-3H3. The molecule has 0 aromatic rings. The van der Waals surface area contributed by atoms with E-state index in [0.29, 0.717) is 4.83 Å². The van der Waals surface area contributed by atoms with Crippen molar-refractivity contribution in [3.05, 3.63) is 5.92 Å². The molecule has 0 saturated carbocycles. The molecule has 1 atom stereocenters. The molecule has 0 spiro atoms. The molecule has 1 unspecified atom stereocenters. The summed E-state index contributed by atoms with van der Waals surface area (Å²) in [5.41, 5.74) is 0. The lowest BCUT2D eigenvalue weighted by molar-refractivity contribution is 0.839. The average molecular weight is 164 g/mol. The molecule has 1 heteroatoms. The van der Waals surface area contributed by atoms with Crippen molar-refractivity contribution in [2.24, 2.45) is 0 Å². The van der Waals surface area contributed by atoms with Crippen LogP contribution in [0.4, 0.5) is 0 Å². The van der Waals surface area contributed by atoms with Crippen molar-refractivity contribution in [2.75, 3.05) is 0 Å². The Labute approximate surface area is 54.4 Å². The summed E-state index contributed by atoms with van der Waals surface area (Å²) in [6.07, 6.45) is 1.20. The topological polar surface area (TPSA) is 0 Å². The van der Waals surface area contributed by atoms with E-state index < -0.39 is 0 Å². The first kappa shape index (κ1) is 7.48. The van der Waals surface area contributed by atoms with Gasteiger partial charge in [0.25, 0.3) is 0 Å². The van der Waals surface area contributed by atoms with Crippen LogP contribution in [0.15, 0.2) is 0 Å². The molecule has 0 aliphatic heterocycles. The number of rotatable bonds is 2. The third kappa shape index (κ3) is 3.10. The maximum absolute atomic E-state index is 3.50. The Morgan fingerprint density at radius 2 is 2.00 bits per heavy atom. The number of alkyl halides is 1. The van der Waals surface area contributed by atoms with Gasteiger partial charge in [0.1, 0.15) is 0 Å². The molecule has 0 nitrogen and oxygen atoms in total. The van der Waals surface area contributed by atoms with Crippen LogP contribution in [0.1, 0.15) is 27.2 Å². The first-order valence-corrected chi connectivity index (χ1v) is 3.54. The predicted octanol–water partition coefficient (Wildman–Crippen LogP) is 2.77. The predicted molar refractivity (Wildman–Crippen MR) is 37.6 cm³/mol. The molecule has 0 saturated heterocycles. The van der Waals surface area contributed by atoms with Crippen molar-refractivity contribution >= 4 is 15.9 Å². The van der Waals surface area contributed by atoms with Gasteiger partial charge < -0.3 is 0 Å². The third-order valence-corrected chi connectivity index (χ3v) is 2.55. The van der Waals surface area contributed by atoms with E-state index in [2.05, 4.69) is 36.7 Å². The highest BCUT2D eigenvalue weighted by atomic mass is 79.9. The normalized spacial score (nSPS) is 15.0. The van der Waals surface area contributed by atoms with Crippen LogP contribution >= 0.6 is 15.9 Å². The smallest absolute Gasteiger partial charge is 0.0199 e. The molecular formula is C6H12Br. The zero-order chi connectivity index (χ0) is 5.86. The Morgan fingerprint density at radius 3 is 2.00 bits per heavy atom. The van der Waals surface area contributed by atoms with E-state index in [-0.39, 0.29) is 0 Å². The molecule has 7 heavy (non-hydrogen) atoms. The fraction of sp³-hybridized carbons (Fsp3) is 0.833. The maximum atomic E-state index is 3.50. The van der Waals surface area contributed by atoms with Gasteiger partial charge in [0, 0.05) is 4.83 Å². The minimum Gasteiger partial charge on any atom is -0.0885 e. The molecule has 0 N–H and O–H groups in total. The fourth-order valence-electron chi connectivity index (χ4n) is 0.408. The molecule has 0 rings (SSSR count). The van der Waals surface area contributed by atoms with Crippen LogP contribution in [0.2, 0.25) is 0 Å². The Bertz CT molecular complexity index is 41.4. The third-order valence-electron chi connectivity index (χ3n) is 0.985. The van der Waals surface area contributed by atoms with Crippen LogP contribution in [-0.2, 0) is 0 Å². The summed E-state index contributed by atoms with van der Waals surface area (Å²) in [4.78, 5) is 0.632. The monoisotopic (exact) mass is 163 g/mol. The highest BCUT2D eigenvalue weighted by molar-refractivity contribution is 9.09. The zero-order valence-electron chi connectivity index (χ0n) is 5.16. The van der Waals surface area contributed by atoms with Gasteiger partial charge in [-0.3, -0.25) is 0 Å². The van der Waals surface area contributed by atoms with Crippen molar-refractivity contribution in [1.29, 1.82) is 0 Å². The maximum Gasteiger partial charge on any atom is 0.0199 e. The van der Waals surface area contributed by atoms with Crippen molar-refractivity contribution < 1.29 is 0 Å². The van der Waals surface area contributed by atoms with Crippen LogP contribution in [0.25, 0.3) is 0 Å². The van der Waals surface area contributed by atoms with Crippen molar-refractivity contribution in [2.45, 2.75) is 32.0 Å². The lowest BCUT2D eigenvalue weighted by Crippen LogP contribution is -2.01. The largest absolute Gasteiger partial charge is 0.0885 e. The summed E-state index contributed by atoms with van der Waals surface area (Å²) in [6.45, 7) is 6.46. The van der Waals surface area contributed by atoms with Gasteiger partial charge in [-0.2, -0.15) is 0 Å². The van der Waals surface area contributed by atoms with E-state index >= 15 is 0 Å². The van der Waals surface area contributed by atoms with Crippen LogP contribution < -0.4 is 0 Å². The Balaban J connectivity index is 3.14. The van der Waals surface area contributed by atoms with Crippen LogP contribution in [0, 0.1) is 5.92 Å². The lowest BCUT2D eigenvalue weighted by Gasteiger charge is -2.07. The van der Waals surface area contributed by atoms with E-state index in [1.807, 2.05) is 0 Å². The van der Waals surface area contributed by atoms with Gasteiger partial charge in [0.2, 0.25) is 0 Å². The Kier molecular flexibility index (Phi) is 3.72. The molecule has 0 fully saturated rings. The molecule has 0 aromatic heterocycles. The van der Waals surface area contributed by atoms with Gasteiger partial charge in [-0.25, -0.2) is 0 Å². The van der Waals surface area contributed by atoms with E-state index in [1.54, 1.807) is 0 Å². The first-order valence-electron chi connectivity index (χ1n) is 2.62. The molecule has 0 heterocycles. The Hall–Kier alpha value is 0.480. The van der Waals surface area contributed by atoms with Crippen molar-refractivity contribution in [3.63, 3.8) is 0 Å². The molecule has 0 aliphatic rings. The number of hydrogen-bond donors (Lipinski definition) is 0. The van der Waals surface area contributed by atoms with E-state index in [9.17, 15) is 0 Å². The fourth-order valence-corrected chi connectivity index (χ4v) is 0.408. The highest BCUT2D eigenvalue weighted by Crippen LogP contribution is 2.16. The van der Waals surface area contributed by atoms with Gasteiger partial charge in [0.05, 0.1) is 0 Å². The van der Waals surface area contributed by atoms with Crippen molar-refractivity contribution in [1.82, 2.24) is 0 Å². The summed E-state index contributed by atoms with van der Waals surface area (Å²) >= 11 is 3.50. The molecule has 0 amide bonds. The second-order valence-electron chi connectivity index (χ2n) is 1.95. The van der Waals surface area contributed by atoms with Gasteiger partial charge in [-0.05, 0) is 12.3 Å². The lowest BCUT2D eigenvalue weighted by atomic mass is 10.1. The SMILES string of the molecule is CCC(Br)[C](C)C. The minimum atomic E-state index is 0.632. The van der Waals surface area contributed by atoms with E-state index in [0.717, 1.165) is 0 Å². The second-order valence-corrected chi connectivity index (χ2v) is 3.06. The minimum absolute atomic E-state index is 0.632. The van der Waals surface area contributed by atoms with Crippen molar-refractivity contribution in [3.8, 4) is 0 Å². The van der Waals surface area contributed by atoms with Gasteiger partial charge >= 0.3 is 0 Å². The van der Waals surface area contributed by atoms with Gasteiger partial charge in [-0.1, -0.05) is 36.7 Å². The quantitative estimate of drug-likeness (QED) is 0.550. The molecular weight excluding hydrogens is 152 g/mol. The number of hydrogen-bond acceptors (Lipinski definition) is 0. The van der Waals surface area contributed by atoms with E-state index in [1.165, 1.54) is 12.3 Å². The molecule has 0 bridgehead atoms. The zero-order valence-corrected chi connectivity index (χ0v) is 6.75. The molecule has 0 aromatic carbocycles.